The van der Waals surface area contributed by atoms with Crippen LogP contribution in [0.1, 0.15) is 25.8 Å². The number of rotatable bonds is 8. The molecule has 1 aliphatic rings. The number of benzene rings is 1. The van der Waals surface area contributed by atoms with Crippen LogP contribution in [0.3, 0.4) is 0 Å². The molecule has 1 heterocycles. The topological polar surface area (TPSA) is 32.1 Å². The molecule has 4 heteroatoms. The zero-order valence-corrected chi connectivity index (χ0v) is 14.6. The number of allylic oxidation sites excluding steroid dienone is 1. The highest BCUT2D eigenvalue weighted by molar-refractivity contribution is 5.43. The van der Waals surface area contributed by atoms with Gasteiger partial charge in [-0.3, -0.25) is 0 Å². The summed E-state index contributed by atoms with van der Waals surface area (Å²) in [5, 5.41) is 0. The second-order valence-corrected chi connectivity index (χ2v) is 6.35. The van der Waals surface area contributed by atoms with E-state index in [-0.39, 0.29) is 0 Å². The van der Waals surface area contributed by atoms with Gasteiger partial charge in [-0.25, -0.2) is 0 Å². The average Bonchev–Trinajstić information content (AvgIpc) is 2.52. The zero-order valence-electron chi connectivity index (χ0n) is 14.6. The van der Waals surface area contributed by atoms with Crippen molar-refractivity contribution in [1.82, 2.24) is 0 Å². The summed E-state index contributed by atoms with van der Waals surface area (Å²) in [6.07, 6.45) is 4.47. The number of nitrogens with one attached hydrogen (secondary N) is 1. The van der Waals surface area contributed by atoms with Gasteiger partial charge in [0, 0.05) is 6.42 Å². The lowest BCUT2D eigenvalue weighted by Crippen LogP contribution is -3.15. The Labute approximate surface area is 140 Å². The van der Waals surface area contributed by atoms with Crippen molar-refractivity contribution in [3.63, 3.8) is 0 Å². The van der Waals surface area contributed by atoms with Gasteiger partial charge in [0.2, 0.25) is 0 Å². The van der Waals surface area contributed by atoms with Crippen LogP contribution in [0.4, 0.5) is 0 Å². The van der Waals surface area contributed by atoms with Crippen LogP contribution in [0.15, 0.2) is 30.9 Å². The van der Waals surface area contributed by atoms with Gasteiger partial charge in [0.25, 0.3) is 0 Å². The van der Waals surface area contributed by atoms with Gasteiger partial charge in [-0.1, -0.05) is 12.1 Å². The number of hydrogen-bond donors (Lipinski definition) is 1. The van der Waals surface area contributed by atoms with Crippen LogP contribution in [0.5, 0.6) is 11.5 Å². The van der Waals surface area contributed by atoms with Gasteiger partial charge in [-0.05, 0) is 38.0 Å². The fraction of sp³-hybridized carbons (Fsp3) is 0.579. The SMILES string of the molecule is C=CCc1ccc(OCCC[NH+]2C[C@H](C)O[C@@H](C)C2)c(OC)c1. The predicted molar refractivity (Wildman–Crippen MR) is 92.6 cm³/mol. The molecule has 0 unspecified atom stereocenters. The van der Waals surface area contributed by atoms with E-state index in [0.717, 1.165) is 44.0 Å². The number of methoxy groups -OCH3 is 1. The lowest BCUT2D eigenvalue weighted by atomic mass is 10.1. The molecule has 1 aliphatic heterocycles. The van der Waals surface area contributed by atoms with Gasteiger partial charge in [0.15, 0.2) is 11.5 Å². The Hall–Kier alpha value is -1.52. The van der Waals surface area contributed by atoms with Gasteiger partial charge in [-0.15, -0.1) is 6.58 Å². The Morgan fingerprint density at radius 2 is 2.00 bits per heavy atom. The molecule has 0 aromatic heterocycles. The fourth-order valence-corrected chi connectivity index (χ4v) is 3.22. The molecule has 0 bridgehead atoms. The van der Waals surface area contributed by atoms with Crippen molar-refractivity contribution in [2.45, 2.75) is 38.9 Å². The molecule has 1 saturated heterocycles. The lowest BCUT2D eigenvalue weighted by molar-refractivity contribution is -0.915. The third-order valence-corrected chi connectivity index (χ3v) is 4.16. The largest absolute Gasteiger partial charge is 0.493 e. The normalized spacial score (nSPS) is 24.2. The molecule has 23 heavy (non-hydrogen) atoms. The Morgan fingerprint density at radius 1 is 1.26 bits per heavy atom. The maximum absolute atomic E-state index is 5.91. The van der Waals surface area contributed by atoms with Crippen molar-refractivity contribution in [2.75, 3.05) is 33.4 Å². The van der Waals surface area contributed by atoms with Crippen molar-refractivity contribution < 1.29 is 19.1 Å². The molecular weight excluding hydrogens is 290 g/mol. The van der Waals surface area contributed by atoms with Gasteiger partial charge in [0.1, 0.15) is 25.3 Å². The first-order valence-corrected chi connectivity index (χ1v) is 8.52. The zero-order chi connectivity index (χ0) is 16.7. The van der Waals surface area contributed by atoms with Gasteiger partial charge < -0.3 is 19.1 Å². The molecular formula is C19H30NO3+. The van der Waals surface area contributed by atoms with E-state index in [4.69, 9.17) is 14.2 Å². The number of quaternary nitrogens is 1. The molecule has 1 N–H and O–H groups in total. The van der Waals surface area contributed by atoms with Gasteiger partial charge in [-0.2, -0.15) is 0 Å². The summed E-state index contributed by atoms with van der Waals surface area (Å²) in [7, 11) is 1.68. The Bertz CT molecular complexity index is 493. The maximum atomic E-state index is 5.91. The van der Waals surface area contributed by atoms with E-state index in [1.807, 2.05) is 18.2 Å². The lowest BCUT2D eigenvalue weighted by Gasteiger charge is -2.32. The van der Waals surface area contributed by atoms with E-state index in [0.29, 0.717) is 18.8 Å². The average molecular weight is 320 g/mol. The van der Waals surface area contributed by atoms with Crippen molar-refractivity contribution >= 4 is 0 Å². The molecule has 1 aromatic rings. The highest BCUT2D eigenvalue weighted by atomic mass is 16.5. The number of hydrogen-bond acceptors (Lipinski definition) is 3. The summed E-state index contributed by atoms with van der Waals surface area (Å²) in [6.45, 7) is 12.1. The third kappa shape index (κ3) is 5.56. The first-order valence-electron chi connectivity index (χ1n) is 8.52. The van der Waals surface area contributed by atoms with Crippen LogP contribution in [0.25, 0.3) is 0 Å². The molecule has 0 aliphatic carbocycles. The molecule has 2 atom stereocenters. The summed E-state index contributed by atoms with van der Waals surface area (Å²) in [4.78, 5) is 1.60. The summed E-state index contributed by atoms with van der Waals surface area (Å²) < 4.78 is 17.1. The van der Waals surface area contributed by atoms with Crippen molar-refractivity contribution in [3.05, 3.63) is 36.4 Å². The van der Waals surface area contributed by atoms with Crippen LogP contribution in [-0.2, 0) is 11.2 Å². The van der Waals surface area contributed by atoms with E-state index in [1.54, 1.807) is 12.0 Å². The molecule has 0 radical (unpaired) electrons. The third-order valence-electron chi connectivity index (χ3n) is 4.16. The Balaban J connectivity index is 1.78. The first-order chi connectivity index (χ1) is 11.1. The van der Waals surface area contributed by atoms with Crippen LogP contribution in [0, 0.1) is 0 Å². The second-order valence-electron chi connectivity index (χ2n) is 6.35. The van der Waals surface area contributed by atoms with Crippen molar-refractivity contribution in [3.8, 4) is 11.5 Å². The second kappa shape index (κ2) is 8.94. The highest BCUT2D eigenvalue weighted by Gasteiger charge is 2.24. The predicted octanol–water partition coefficient (Wildman–Crippen LogP) is 1.88. The number of morpholine rings is 1. The summed E-state index contributed by atoms with van der Waals surface area (Å²) in [5.74, 6) is 1.62. The molecule has 1 fully saturated rings. The number of ether oxygens (including phenoxy) is 3. The van der Waals surface area contributed by atoms with Crippen LogP contribution in [0.2, 0.25) is 0 Å². The standard InChI is InChI=1S/C19H29NO3/c1-5-7-17-8-9-18(19(12-17)21-4)22-11-6-10-20-13-15(2)23-16(3)14-20/h5,8-9,12,15-16H,1,6-7,10-11,13-14H2,2-4H3/p+1/t15-,16-/m0/s1. The summed E-state index contributed by atoms with van der Waals surface area (Å²) in [6, 6.07) is 6.08. The highest BCUT2D eigenvalue weighted by Crippen LogP contribution is 2.28. The first kappa shape index (κ1) is 17.8. The molecule has 1 aromatic carbocycles. The smallest absolute Gasteiger partial charge is 0.161 e. The van der Waals surface area contributed by atoms with Crippen LogP contribution >= 0.6 is 0 Å². The minimum Gasteiger partial charge on any atom is -0.493 e. The van der Waals surface area contributed by atoms with E-state index in [2.05, 4.69) is 26.5 Å². The van der Waals surface area contributed by atoms with Crippen LogP contribution < -0.4 is 14.4 Å². The molecule has 2 rings (SSSR count). The van der Waals surface area contributed by atoms with E-state index in [9.17, 15) is 0 Å². The van der Waals surface area contributed by atoms with Crippen molar-refractivity contribution in [2.24, 2.45) is 0 Å². The van der Waals surface area contributed by atoms with Gasteiger partial charge >= 0.3 is 0 Å². The Morgan fingerprint density at radius 3 is 2.65 bits per heavy atom. The molecule has 4 nitrogen and oxygen atoms in total. The van der Waals surface area contributed by atoms with E-state index >= 15 is 0 Å². The summed E-state index contributed by atoms with van der Waals surface area (Å²) in [5.41, 5.74) is 1.19. The molecule has 0 saturated carbocycles. The minimum absolute atomic E-state index is 0.354. The van der Waals surface area contributed by atoms with Crippen LogP contribution in [-0.4, -0.2) is 45.6 Å². The van der Waals surface area contributed by atoms with E-state index < -0.39 is 0 Å². The minimum atomic E-state index is 0.354. The van der Waals surface area contributed by atoms with E-state index in [1.165, 1.54) is 5.56 Å². The maximum Gasteiger partial charge on any atom is 0.161 e. The quantitative estimate of drug-likeness (QED) is 0.586. The summed E-state index contributed by atoms with van der Waals surface area (Å²) >= 11 is 0. The molecule has 128 valence electrons. The Kier molecular flexibility index (Phi) is 6.93. The van der Waals surface area contributed by atoms with Gasteiger partial charge in [0.05, 0.1) is 20.3 Å². The van der Waals surface area contributed by atoms with Crippen molar-refractivity contribution in [1.29, 1.82) is 0 Å². The monoisotopic (exact) mass is 320 g/mol. The fourth-order valence-electron chi connectivity index (χ4n) is 3.22. The molecule has 0 spiro atoms. The molecule has 0 amide bonds.